The Morgan fingerprint density at radius 3 is 1.16 bits per heavy atom. The number of Topliss-reactive ketones (excluding diaryl/α,β-unsaturated/α-hetero) is 1. The molecule has 0 spiro atoms. The third-order valence-corrected chi connectivity index (χ3v) is 8.92. The molecule has 0 saturated carbocycles. The fourth-order valence-corrected chi connectivity index (χ4v) is 7.11. The molecule has 0 aliphatic carbocycles. The van der Waals surface area contributed by atoms with Gasteiger partial charge in [-0.1, -0.05) is 137 Å². The predicted molar refractivity (Wildman–Crippen MR) is 135 cm³/mol. The predicted octanol–water partition coefficient (Wildman–Crippen LogP) is 7.49. The molecule has 0 aliphatic heterocycles. The maximum Gasteiger partial charge on any atom is 0.167 e. The summed E-state index contributed by atoms with van der Waals surface area (Å²) in [6.45, 7) is 2.06. The molecular formula is C28H24BrOP. The van der Waals surface area contributed by atoms with E-state index in [1.165, 1.54) is 0 Å². The van der Waals surface area contributed by atoms with Crippen molar-refractivity contribution in [2.24, 2.45) is 0 Å². The lowest BCUT2D eigenvalue weighted by Gasteiger charge is -2.40. The van der Waals surface area contributed by atoms with Crippen molar-refractivity contribution in [1.82, 2.24) is 0 Å². The summed E-state index contributed by atoms with van der Waals surface area (Å²) in [5.41, 5.74) is 3.16. The molecule has 4 aromatic carbocycles. The first-order valence-corrected chi connectivity index (χ1v) is 13.5. The Morgan fingerprint density at radius 1 is 0.581 bits per heavy atom. The molecule has 1 nitrogen and oxygen atoms in total. The molecule has 0 radical (unpaired) electrons. The molecule has 154 valence electrons. The average molecular weight is 487 g/mol. The molecule has 4 aromatic rings. The number of carbonyl (C=O) groups excluding carboxylic acids is 1. The van der Waals surface area contributed by atoms with Crippen LogP contribution < -0.4 is 0 Å². The molecule has 3 heteroatoms. The van der Waals surface area contributed by atoms with Crippen molar-refractivity contribution in [2.45, 2.75) is 17.5 Å². The lowest BCUT2D eigenvalue weighted by Crippen LogP contribution is -2.46. The van der Waals surface area contributed by atoms with E-state index < -0.39 is 10.6 Å². The minimum atomic E-state index is -0.824. The fraction of sp³-hybridized carbons (Fsp3) is 0.107. The molecule has 0 amide bonds. The van der Waals surface area contributed by atoms with Gasteiger partial charge in [-0.3, -0.25) is 4.79 Å². The Hall–Kier alpha value is -2.54. The van der Waals surface area contributed by atoms with Crippen LogP contribution in [-0.2, 0) is 15.4 Å². The molecule has 0 fully saturated rings. The summed E-state index contributed by atoms with van der Waals surface area (Å²) in [5.74, 6) is 0.157. The molecule has 0 aliphatic rings. The average Bonchev–Trinajstić information content (AvgIpc) is 2.86. The van der Waals surface area contributed by atoms with E-state index >= 15 is 0 Å². The fourth-order valence-electron chi connectivity index (χ4n) is 4.30. The van der Waals surface area contributed by atoms with Gasteiger partial charge in [-0.05, 0) is 36.5 Å². The minimum absolute atomic E-state index is 0.157. The first-order valence-electron chi connectivity index (χ1n) is 10.3. The van der Waals surface area contributed by atoms with E-state index in [2.05, 4.69) is 70.9 Å². The zero-order valence-corrected chi connectivity index (χ0v) is 19.9. The molecule has 0 aromatic heterocycles. The Kier molecular flexibility index (Phi) is 6.51. The lowest BCUT2D eigenvalue weighted by molar-refractivity contribution is -0.124. The van der Waals surface area contributed by atoms with E-state index in [-0.39, 0.29) is 13.1 Å². The summed E-state index contributed by atoms with van der Waals surface area (Å²) in [4.78, 5) is 14.9. The summed E-state index contributed by atoms with van der Waals surface area (Å²) < 4.78 is 0. The molecule has 0 bridgehead atoms. The number of benzene rings is 4. The number of hydrogen-bond donors (Lipinski definition) is 0. The van der Waals surface area contributed by atoms with Crippen LogP contribution in [0.15, 0.2) is 121 Å². The molecule has 4 rings (SSSR count). The van der Waals surface area contributed by atoms with E-state index in [4.69, 9.17) is 0 Å². The van der Waals surface area contributed by atoms with Crippen LogP contribution in [0.3, 0.4) is 0 Å². The highest BCUT2D eigenvalue weighted by Crippen LogP contribution is 2.56. The summed E-state index contributed by atoms with van der Waals surface area (Å²) in [6, 6.07) is 40.5. The minimum Gasteiger partial charge on any atom is -0.297 e. The Labute approximate surface area is 194 Å². The third kappa shape index (κ3) is 3.80. The zero-order valence-electron chi connectivity index (χ0n) is 17.3. The smallest absolute Gasteiger partial charge is 0.167 e. The summed E-state index contributed by atoms with van der Waals surface area (Å²) in [7, 11) is 0.181. The maximum atomic E-state index is 14.9. The van der Waals surface area contributed by atoms with Crippen molar-refractivity contribution >= 4 is 28.6 Å². The molecule has 0 saturated heterocycles. The summed E-state index contributed by atoms with van der Waals surface area (Å²) >= 11 is 3.79. The van der Waals surface area contributed by atoms with Crippen LogP contribution >= 0.6 is 22.8 Å². The van der Waals surface area contributed by atoms with Crippen LogP contribution in [0.2, 0.25) is 0 Å². The van der Waals surface area contributed by atoms with Crippen molar-refractivity contribution in [3.63, 3.8) is 0 Å². The Balaban J connectivity index is 2.03. The summed E-state index contributed by atoms with van der Waals surface area (Å²) in [5, 5.41) is -0.817. The largest absolute Gasteiger partial charge is 0.297 e. The lowest BCUT2D eigenvalue weighted by atomic mass is 9.66. The normalized spacial score (nSPS) is 12.2. The van der Waals surface area contributed by atoms with Crippen LogP contribution in [0.5, 0.6) is 0 Å². The highest BCUT2D eigenvalue weighted by Gasteiger charge is 2.51. The Morgan fingerprint density at radius 2 is 0.871 bits per heavy atom. The highest BCUT2D eigenvalue weighted by atomic mass is 79.9. The van der Waals surface area contributed by atoms with Gasteiger partial charge in [-0.15, -0.1) is 0 Å². The van der Waals surface area contributed by atoms with Crippen LogP contribution in [-0.4, -0.2) is 5.78 Å². The second-order valence-electron chi connectivity index (χ2n) is 7.76. The van der Waals surface area contributed by atoms with Gasteiger partial charge < -0.3 is 0 Å². The quantitative estimate of drug-likeness (QED) is 0.247. The molecule has 0 N–H and O–H groups in total. The first kappa shape index (κ1) is 21.7. The first-order chi connectivity index (χ1) is 15.1. The van der Waals surface area contributed by atoms with Crippen molar-refractivity contribution in [2.75, 3.05) is 0 Å². The van der Waals surface area contributed by atoms with Gasteiger partial charge in [-0.2, -0.15) is 0 Å². The number of carbonyl (C=O) groups is 1. The number of ketones is 1. The van der Waals surface area contributed by atoms with Crippen LogP contribution in [0.1, 0.15) is 29.2 Å². The third-order valence-electron chi connectivity index (χ3n) is 6.05. The van der Waals surface area contributed by atoms with E-state index in [1.54, 1.807) is 0 Å². The van der Waals surface area contributed by atoms with Gasteiger partial charge in [-0.25, -0.2) is 0 Å². The number of halogens is 1. The zero-order chi connectivity index (χ0) is 21.7. The second kappa shape index (κ2) is 9.30. The maximum absolute atomic E-state index is 14.9. The van der Waals surface area contributed by atoms with Crippen LogP contribution in [0.4, 0.5) is 0 Å². The van der Waals surface area contributed by atoms with E-state index in [9.17, 15) is 4.79 Å². The number of rotatable bonds is 7. The number of hydrogen-bond acceptors (Lipinski definition) is 1. The summed E-state index contributed by atoms with van der Waals surface area (Å²) in [6.07, 6.45) is 0. The monoisotopic (exact) mass is 486 g/mol. The van der Waals surface area contributed by atoms with Gasteiger partial charge >= 0.3 is 0 Å². The molecule has 1 unspecified atom stereocenters. The SMILES string of the molecule is CC(C(=O)C(PBr)(c1ccccc1)c1ccccc1)(c1ccccc1)c1ccccc1. The van der Waals surface area contributed by atoms with E-state index in [0.717, 1.165) is 22.3 Å². The molecule has 1 atom stereocenters. The van der Waals surface area contributed by atoms with E-state index in [0.29, 0.717) is 0 Å². The molecular weight excluding hydrogens is 463 g/mol. The van der Waals surface area contributed by atoms with Crippen LogP contribution in [0.25, 0.3) is 0 Å². The molecule has 0 heterocycles. The van der Waals surface area contributed by atoms with Gasteiger partial charge in [0.1, 0.15) is 5.16 Å². The molecule has 31 heavy (non-hydrogen) atoms. The van der Waals surface area contributed by atoms with Crippen molar-refractivity contribution in [3.8, 4) is 0 Å². The van der Waals surface area contributed by atoms with Gasteiger partial charge in [0.05, 0.1) is 5.41 Å². The van der Waals surface area contributed by atoms with Gasteiger partial charge in [0, 0.05) is 0 Å². The second-order valence-corrected chi connectivity index (χ2v) is 9.89. The van der Waals surface area contributed by atoms with Crippen molar-refractivity contribution < 1.29 is 4.79 Å². The van der Waals surface area contributed by atoms with Gasteiger partial charge in [0.2, 0.25) is 0 Å². The van der Waals surface area contributed by atoms with Crippen molar-refractivity contribution in [1.29, 1.82) is 0 Å². The Bertz CT molecular complexity index is 1050. The highest BCUT2D eigenvalue weighted by molar-refractivity contribution is 9.37. The van der Waals surface area contributed by atoms with Crippen LogP contribution in [0, 0.1) is 0 Å². The van der Waals surface area contributed by atoms with Gasteiger partial charge in [0.25, 0.3) is 0 Å². The van der Waals surface area contributed by atoms with Crippen molar-refractivity contribution in [3.05, 3.63) is 144 Å². The topological polar surface area (TPSA) is 17.1 Å². The standard InChI is InChI=1S/C28H24BrOP/c1-27(22-14-6-2-7-15-22,23-16-8-3-9-17-23)26(30)28(31-29,24-18-10-4-11-19-24)25-20-12-5-13-21-25/h2-21,31H,1H3. The van der Waals surface area contributed by atoms with Gasteiger partial charge in [0.15, 0.2) is 5.78 Å². The van der Waals surface area contributed by atoms with E-state index in [1.807, 2.05) is 72.8 Å².